The number of anilines is 1. The lowest BCUT2D eigenvalue weighted by atomic mass is 10.0. The van der Waals surface area contributed by atoms with E-state index in [4.69, 9.17) is 5.11 Å². The number of nitro groups is 1. The minimum absolute atomic E-state index is 0.135. The van der Waals surface area contributed by atoms with E-state index in [1.54, 1.807) is 0 Å². The summed E-state index contributed by atoms with van der Waals surface area (Å²) in [5.41, 5.74) is 0.0818. The average molecular weight is 330 g/mol. The van der Waals surface area contributed by atoms with E-state index < -0.39 is 21.6 Å². The number of hydrogen-bond acceptors (Lipinski definition) is 5. The Labute approximate surface area is 130 Å². The highest BCUT2D eigenvalue weighted by molar-refractivity contribution is 7.92. The van der Waals surface area contributed by atoms with Crippen molar-refractivity contribution in [2.75, 3.05) is 11.0 Å². The fourth-order valence-electron chi connectivity index (χ4n) is 2.18. The number of aliphatic hydroxyl groups excluding tert-OH is 1. The zero-order valence-electron chi connectivity index (χ0n) is 12.6. The topological polar surface area (TPSA) is 110 Å². The predicted octanol–water partition coefficient (Wildman–Crippen LogP) is 2.80. The summed E-state index contributed by atoms with van der Waals surface area (Å²) >= 11 is 0. The standard InChI is InChI=1S/C8H10N2O5S.C6H12/c1-16(14,15)9-8-3-2-7(10(12)13)4-6(8)5-11;1-2-4-6-5-3-1/h2-4,9,11H,5H2,1H3;1-6H2. The van der Waals surface area contributed by atoms with E-state index in [0.717, 1.165) is 18.4 Å². The van der Waals surface area contributed by atoms with Crippen LogP contribution in [0.25, 0.3) is 0 Å². The summed E-state index contributed by atoms with van der Waals surface area (Å²) in [4.78, 5) is 9.83. The third kappa shape index (κ3) is 6.86. The SMILES string of the molecule is C1CCCCC1.CS(=O)(=O)Nc1ccc([N+](=O)[O-])cc1CO. The highest BCUT2D eigenvalue weighted by atomic mass is 32.2. The Morgan fingerprint density at radius 3 is 2.05 bits per heavy atom. The van der Waals surface area contributed by atoms with Gasteiger partial charge in [-0.1, -0.05) is 38.5 Å². The first-order chi connectivity index (χ1) is 10.3. The number of benzene rings is 1. The van der Waals surface area contributed by atoms with E-state index in [2.05, 4.69) is 4.72 Å². The number of nitrogens with zero attached hydrogens (tertiary/aromatic N) is 1. The van der Waals surface area contributed by atoms with Crippen molar-refractivity contribution in [3.8, 4) is 0 Å². The first-order valence-electron chi connectivity index (χ1n) is 7.19. The largest absolute Gasteiger partial charge is 0.392 e. The maximum Gasteiger partial charge on any atom is 0.269 e. The fraction of sp³-hybridized carbons (Fsp3) is 0.571. The predicted molar refractivity (Wildman–Crippen MR) is 85.2 cm³/mol. The van der Waals surface area contributed by atoms with Crippen molar-refractivity contribution in [2.24, 2.45) is 0 Å². The van der Waals surface area contributed by atoms with Gasteiger partial charge in [-0.2, -0.15) is 0 Å². The van der Waals surface area contributed by atoms with Crippen LogP contribution in [0.3, 0.4) is 0 Å². The van der Waals surface area contributed by atoms with Gasteiger partial charge in [0.25, 0.3) is 5.69 Å². The van der Waals surface area contributed by atoms with Gasteiger partial charge in [0.1, 0.15) is 0 Å². The number of aliphatic hydroxyl groups is 1. The Hall–Kier alpha value is -1.67. The second-order valence-corrected chi connectivity index (χ2v) is 7.00. The molecule has 1 aromatic rings. The number of nitro benzene ring substituents is 1. The monoisotopic (exact) mass is 330 g/mol. The minimum Gasteiger partial charge on any atom is -0.392 e. The van der Waals surface area contributed by atoms with Gasteiger partial charge in [0.15, 0.2) is 0 Å². The third-order valence-corrected chi connectivity index (χ3v) is 3.86. The number of sulfonamides is 1. The molecule has 1 saturated carbocycles. The van der Waals surface area contributed by atoms with E-state index in [-0.39, 0.29) is 16.9 Å². The molecule has 0 heterocycles. The van der Waals surface area contributed by atoms with Crippen LogP contribution in [0.15, 0.2) is 18.2 Å². The average Bonchev–Trinajstić information content (AvgIpc) is 2.48. The molecule has 7 nitrogen and oxygen atoms in total. The molecule has 0 unspecified atom stereocenters. The van der Waals surface area contributed by atoms with Crippen molar-refractivity contribution in [3.05, 3.63) is 33.9 Å². The molecule has 1 aliphatic carbocycles. The van der Waals surface area contributed by atoms with E-state index in [1.165, 1.54) is 44.6 Å². The lowest BCUT2D eigenvalue weighted by Crippen LogP contribution is -2.11. The van der Waals surface area contributed by atoms with Crippen molar-refractivity contribution in [1.82, 2.24) is 0 Å². The molecule has 0 bridgehead atoms. The van der Waals surface area contributed by atoms with Gasteiger partial charge in [-0.25, -0.2) is 8.42 Å². The molecule has 124 valence electrons. The second kappa shape index (κ2) is 8.70. The van der Waals surface area contributed by atoms with E-state index in [0.29, 0.717) is 0 Å². The van der Waals surface area contributed by atoms with E-state index in [9.17, 15) is 18.5 Å². The quantitative estimate of drug-likeness (QED) is 0.651. The lowest BCUT2D eigenvalue weighted by Gasteiger charge is -2.08. The van der Waals surface area contributed by atoms with Gasteiger partial charge >= 0.3 is 0 Å². The molecule has 0 atom stereocenters. The minimum atomic E-state index is -3.47. The molecule has 2 N–H and O–H groups in total. The second-order valence-electron chi connectivity index (χ2n) is 5.25. The maximum absolute atomic E-state index is 11.0. The van der Waals surface area contributed by atoms with Crippen LogP contribution in [0.4, 0.5) is 11.4 Å². The van der Waals surface area contributed by atoms with Crippen LogP contribution in [0, 0.1) is 10.1 Å². The van der Waals surface area contributed by atoms with Gasteiger partial charge in [-0.15, -0.1) is 0 Å². The maximum atomic E-state index is 11.0. The first kappa shape index (κ1) is 18.4. The van der Waals surface area contributed by atoms with Crippen LogP contribution >= 0.6 is 0 Å². The number of rotatable bonds is 4. The highest BCUT2D eigenvalue weighted by Gasteiger charge is 2.12. The molecule has 0 spiro atoms. The van der Waals surface area contributed by atoms with Gasteiger partial charge in [0.05, 0.1) is 23.5 Å². The van der Waals surface area contributed by atoms with Gasteiger partial charge in [-0.3, -0.25) is 14.8 Å². The molecule has 1 fully saturated rings. The Morgan fingerprint density at radius 1 is 1.18 bits per heavy atom. The Morgan fingerprint density at radius 2 is 1.68 bits per heavy atom. The lowest BCUT2D eigenvalue weighted by molar-refractivity contribution is -0.384. The molecule has 1 aliphatic rings. The van der Waals surface area contributed by atoms with Crippen LogP contribution in [0.5, 0.6) is 0 Å². The summed E-state index contributed by atoms with van der Waals surface area (Å²) in [5.74, 6) is 0. The van der Waals surface area contributed by atoms with Crippen LogP contribution in [0.2, 0.25) is 0 Å². The summed E-state index contributed by atoms with van der Waals surface area (Å²) in [5, 5.41) is 19.4. The van der Waals surface area contributed by atoms with Crippen molar-refractivity contribution in [2.45, 2.75) is 45.1 Å². The number of non-ortho nitro benzene ring substituents is 1. The van der Waals surface area contributed by atoms with Crippen molar-refractivity contribution in [1.29, 1.82) is 0 Å². The Balaban J connectivity index is 0.000000335. The van der Waals surface area contributed by atoms with Crippen LogP contribution < -0.4 is 4.72 Å². The number of nitrogens with one attached hydrogen (secondary N) is 1. The molecule has 0 aliphatic heterocycles. The van der Waals surface area contributed by atoms with Gasteiger partial charge in [-0.05, 0) is 6.07 Å². The summed E-state index contributed by atoms with van der Waals surface area (Å²) in [6, 6.07) is 3.52. The summed E-state index contributed by atoms with van der Waals surface area (Å²) in [6.45, 7) is -0.487. The summed E-state index contributed by atoms with van der Waals surface area (Å²) < 4.78 is 24.1. The van der Waals surface area contributed by atoms with Gasteiger partial charge in [0.2, 0.25) is 10.0 Å². The number of hydrogen-bond donors (Lipinski definition) is 2. The van der Waals surface area contributed by atoms with Crippen molar-refractivity contribution < 1.29 is 18.4 Å². The zero-order chi connectivity index (χ0) is 16.6. The molecule has 2 rings (SSSR count). The van der Waals surface area contributed by atoms with Crippen LogP contribution in [0.1, 0.15) is 44.1 Å². The normalized spacial score (nSPS) is 14.6. The summed E-state index contributed by atoms with van der Waals surface area (Å²) in [7, 11) is -3.47. The van der Waals surface area contributed by atoms with Gasteiger partial charge in [0, 0.05) is 17.7 Å². The van der Waals surface area contributed by atoms with E-state index in [1.807, 2.05) is 0 Å². The van der Waals surface area contributed by atoms with Crippen molar-refractivity contribution in [3.63, 3.8) is 0 Å². The molecule has 1 aromatic carbocycles. The fourth-order valence-corrected chi connectivity index (χ4v) is 2.78. The molecule has 0 radical (unpaired) electrons. The third-order valence-electron chi connectivity index (χ3n) is 3.27. The smallest absolute Gasteiger partial charge is 0.269 e. The molecular formula is C14H22N2O5S. The van der Waals surface area contributed by atoms with E-state index >= 15 is 0 Å². The Bertz CT molecular complexity index is 586. The van der Waals surface area contributed by atoms with Gasteiger partial charge < -0.3 is 5.11 Å². The van der Waals surface area contributed by atoms with Crippen LogP contribution in [-0.4, -0.2) is 24.7 Å². The van der Waals surface area contributed by atoms with Crippen LogP contribution in [-0.2, 0) is 16.6 Å². The molecule has 8 heteroatoms. The molecule has 0 amide bonds. The molecule has 0 saturated heterocycles. The Kier molecular flexibility index (Phi) is 7.26. The zero-order valence-corrected chi connectivity index (χ0v) is 13.4. The van der Waals surface area contributed by atoms with Crippen molar-refractivity contribution >= 4 is 21.4 Å². The first-order valence-corrected chi connectivity index (χ1v) is 9.08. The highest BCUT2D eigenvalue weighted by Crippen LogP contribution is 2.22. The molecule has 0 aromatic heterocycles. The molecule has 22 heavy (non-hydrogen) atoms. The molecular weight excluding hydrogens is 308 g/mol. The summed E-state index contributed by atoms with van der Waals surface area (Å²) in [6.07, 6.45) is 9.95.